The molecule has 0 aliphatic heterocycles. The number of nitrogens with one attached hydrogen (secondary N) is 1. The van der Waals surface area contributed by atoms with Crippen LogP contribution in [0, 0.1) is 0 Å². The summed E-state index contributed by atoms with van der Waals surface area (Å²) in [7, 11) is 1.97. The van der Waals surface area contributed by atoms with Crippen molar-refractivity contribution in [2.24, 2.45) is 7.05 Å². The summed E-state index contributed by atoms with van der Waals surface area (Å²) in [5.74, 6) is 1.20. The Bertz CT molecular complexity index is 551. The predicted octanol–water partition coefficient (Wildman–Crippen LogP) is 1.72. The van der Waals surface area contributed by atoms with Gasteiger partial charge < -0.3 is 20.1 Å². The topological polar surface area (TPSA) is 70.3 Å². The maximum Gasteiger partial charge on any atom is 0.124 e. The van der Waals surface area contributed by atoms with Crippen LogP contribution in [0.2, 0.25) is 0 Å². The van der Waals surface area contributed by atoms with Crippen molar-refractivity contribution in [2.75, 3.05) is 6.54 Å². The van der Waals surface area contributed by atoms with E-state index in [-0.39, 0.29) is 17.5 Å². The molecule has 2 rings (SSSR count). The van der Waals surface area contributed by atoms with Crippen molar-refractivity contribution >= 4 is 0 Å². The van der Waals surface area contributed by atoms with Crippen LogP contribution in [0.25, 0.3) is 0 Å². The molecule has 1 atom stereocenters. The Morgan fingerprint density at radius 1 is 1.37 bits per heavy atom. The molecule has 0 aliphatic carbocycles. The molecule has 0 saturated carbocycles. The van der Waals surface area contributed by atoms with Gasteiger partial charge in [-0.1, -0.05) is 6.07 Å². The second-order valence-electron chi connectivity index (χ2n) is 4.62. The van der Waals surface area contributed by atoms with Crippen LogP contribution < -0.4 is 5.32 Å². The van der Waals surface area contributed by atoms with Gasteiger partial charge >= 0.3 is 0 Å². The molecule has 19 heavy (non-hydrogen) atoms. The minimum atomic E-state index is 0.0147. The Labute approximate surface area is 112 Å². The molecule has 1 unspecified atom stereocenters. The van der Waals surface area contributed by atoms with Crippen molar-refractivity contribution in [2.45, 2.75) is 19.4 Å². The molecule has 102 valence electrons. The fraction of sp³-hybridized carbons (Fsp3) is 0.357. The van der Waals surface area contributed by atoms with E-state index in [4.69, 9.17) is 0 Å². The van der Waals surface area contributed by atoms with E-state index in [9.17, 15) is 10.2 Å². The SMILES string of the molecule is CC(NCCc1nccn1C)c1ccc(O)cc1O. The van der Waals surface area contributed by atoms with E-state index < -0.39 is 0 Å². The molecule has 0 bridgehead atoms. The zero-order valence-electron chi connectivity index (χ0n) is 11.2. The van der Waals surface area contributed by atoms with E-state index in [0.29, 0.717) is 0 Å². The number of benzene rings is 1. The van der Waals surface area contributed by atoms with Gasteiger partial charge in [0.05, 0.1) is 0 Å². The summed E-state index contributed by atoms with van der Waals surface area (Å²) in [6.07, 6.45) is 4.53. The predicted molar refractivity (Wildman–Crippen MR) is 73.1 cm³/mol. The van der Waals surface area contributed by atoms with Gasteiger partial charge in [0.1, 0.15) is 17.3 Å². The van der Waals surface area contributed by atoms with Gasteiger partial charge in [-0.25, -0.2) is 4.98 Å². The van der Waals surface area contributed by atoms with Gasteiger partial charge in [0.25, 0.3) is 0 Å². The van der Waals surface area contributed by atoms with Gasteiger partial charge in [0, 0.05) is 50.1 Å². The molecule has 0 spiro atoms. The Kier molecular flexibility index (Phi) is 4.06. The minimum Gasteiger partial charge on any atom is -0.508 e. The number of aryl methyl sites for hydroxylation is 1. The number of imidazole rings is 1. The number of hydrogen-bond acceptors (Lipinski definition) is 4. The van der Waals surface area contributed by atoms with Crippen LogP contribution in [0.4, 0.5) is 0 Å². The molecular weight excluding hydrogens is 242 g/mol. The van der Waals surface area contributed by atoms with E-state index >= 15 is 0 Å². The highest BCUT2D eigenvalue weighted by atomic mass is 16.3. The van der Waals surface area contributed by atoms with Crippen LogP contribution in [-0.4, -0.2) is 26.3 Å². The number of phenols is 2. The fourth-order valence-corrected chi connectivity index (χ4v) is 2.05. The number of hydrogen-bond donors (Lipinski definition) is 3. The third-order valence-corrected chi connectivity index (χ3v) is 3.20. The highest BCUT2D eigenvalue weighted by Gasteiger charge is 2.10. The Hall–Kier alpha value is -2.01. The van der Waals surface area contributed by atoms with Crippen LogP contribution in [0.3, 0.4) is 0 Å². The first-order chi connectivity index (χ1) is 9.08. The Morgan fingerprint density at radius 2 is 2.16 bits per heavy atom. The largest absolute Gasteiger partial charge is 0.508 e. The van der Waals surface area contributed by atoms with Crippen LogP contribution in [0.15, 0.2) is 30.6 Å². The van der Waals surface area contributed by atoms with Gasteiger partial charge in [0.15, 0.2) is 0 Å². The van der Waals surface area contributed by atoms with Crippen LogP contribution in [0.1, 0.15) is 24.4 Å². The standard InChI is InChI=1S/C14H19N3O2/c1-10(12-4-3-11(18)9-13(12)19)15-6-5-14-16-7-8-17(14)2/h3-4,7-10,15,18-19H,5-6H2,1-2H3. The van der Waals surface area contributed by atoms with Crippen LogP contribution in [0.5, 0.6) is 11.5 Å². The molecule has 3 N–H and O–H groups in total. The Morgan fingerprint density at radius 3 is 2.79 bits per heavy atom. The number of rotatable bonds is 5. The third kappa shape index (κ3) is 3.26. The molecule has 1 heterocycles. The normalized spacial score (nSPS) is 12.5. The van der Waals surface area contributed by atoms with E-state index in [2.05, 4.69) is 10.3 Å². The summed E-state index contributed by atoms with van der Waals surface area (Å²) in [5.41, 5.74) is 0.776. The van der Waals surface area contributed by atoms with Crippen molar-refractivity contribution in [3.05, 3.63) is 42.0 Å². The van der Waals surface area contributed by atoms with Crippen molar-refractivity contribution in [3.63, 3.8) is 0 Å². The third-order valence-electron chi connectivity index (χ3n) is 3.20. The summed E-state index contributed by atoms with van der Waals surface area (Å²) in [6, 6.07) is 4.67. The maximum absolute atomic E-state index is 9.77. The lowest BCUT2D eigenvalue weighted by Crippen LogP contribution is -2.22. The zero-order chi connectivity index (χ0) is 13.8. The smallest absolute Gasteiger partial charge is 0.124 e. The first kappa shape index (κ1) is 13.4. The number of aromatic hydroxyl groups is 2. The van der Waals surface area contributed by atoms with E-state index in [1.54, 1.807) is 18.3 Å². The quantitative estimate of drug-likeness (QED) is 0.766. The van der Waals surface area contributed by atoms with Gasteiger partial charge in [0.2, 0.25) is 0 Å². The van der Waals surface area contributed by atoms with Crippen LogP contribution >= 0.6 is 0 Å². The van der Waals surface area contributed by atoms with E-state index in [1.165, 1.54) is 6.07 Å². The van der Waals surface area contributed by atoms with E-state index in [1.807, 2.05) is 24.7 Å². The molecule has 0 radical (unpaired) electrons. The number of nitrogens with zero attached hydrogens (tertiary/aromatic N) is 2. The average molecular weight is 261 g/mol. The average Bonchev–Trinajstić information content (AvgIpc) is 2.75. The van der Waals surface area contributed by atoms with Gasteiger partial charge in [-0.05, 0) is 13.0 Å². The molecule has 5 heteroatoms. The zero-order valence-corrected chi connectivity index (χ0v) is 11.2. The van der Waals surface area contributed by atoms with Gasteiger partial charge in [-0.3, -0.25) is 0 Å². The van der Waals surface area contributed by atoms with Crippen molar-refractivity contribution in [3.8, 4) is 11.5 Å². The molecule has 0 saturated heterocycles. The minimum absolute atomic E-state index is 0.0147. The summed E-state index contributed by atoms with van der Waals surface area (Å²) < 4.78 is 1.99. The lowest BCUT2D eigenvalue weighted by atomic mass is 10.1. The summed E-state index contributed by atoms with van der Waals surface area (Å²) in [5, 5.41) is 22.4. The van der Waals surface area contributed by atoms with Crippen molar-refractivity contribution < 1.29 is 10.2 Å². The monoisotopic (exact) mass is 261 g/mol. The van der Waals surface area contributed by atoms with E-state index in [0.717, 1.165) is 24.4 Å². The van der Waals surface area contributed by atoms with Crippen LogP contribution in [-0.2, 0) is 13.5 Å². The Balaban J connectivity index is 1.91. The molecule has 0 fully saturated rings. The molecule has 2 aromatic rings. The number of aromatic nitrogens is 2. The van der Waals surface area contributed by atoms with Gasteiger partial charge in [-0.15, -0.1) is 0 Å². The lowest BCUT2D eigenvalue weighted by molar-refractivity contribution is 0.436. The first-order valence-electron chi connectivity index (χ1n) is 6.29. The van der Waals surface area contributed by atoms with Gasteiger partial charge in [-0.2, -0.15) is 0 Å². The van der Waals surface area contributed by atoms with Crippen molar-refractivity contribution in [1.29, 1.82) is 0 Å². The summed E-state index contributed by atoms with van der Waals surface area (Å²) >= 11 is 0. The summed E-state index contributed by atoms with van der Waals surface area (Å²) in [4.78, 5) is 4.26. The molecule has 1 aromatic carbocycles. The summed E-state index contributed by atoms with van der Waals surface area (Å²) in [6.45, 7) is 2.75. The second-order valence-corrected chi connectivity index (χ2v) is 4.62. The molecular formula is C14H19N3O2. The second kappa shape index (κ2) is 5.75. The highest BCUT2D eigenvalue weighted by molar-refractivity contribution is 5.40. The molecule has 5 nitrogen and oxygen atoms in total. The molecule has 0 aliphatic rings. The number of phenolic OH excluding ortho intramolecular Hbond substituents is 2. The first-order valence-corrected chi connectivity index (χ1v) is 6.29. The molecule has 1 aromatic heterocycles. The highest BCUT2D eigenvalue weighted by Crippen LogP contribution is 2.27. The van der Waals surface area contributed by atoms with Crippen molar-refractivity contribution in [1.82, 2.24) is 14.9 Å². The fourth-order valence-electron chi connectivity index (χ4n) is 2.05. The maximum atomic E-state index is 9.77. The molecule has 0 amide bonds. The lowest BCUT2D eigenvalue weighted by Gasteiger charge is -2.15.